The van der Waals surface area contributed by atoms with Crippen LogP contribution in [0.5, 0.6) is 5.75 Å². The van der Waals surface area contributed by atoms with Gasteiger partial charge < -0.3 is 19.5 Å². The van der Waals surface area contributed by atoms with E-state index in [1.54, 1.807) is 4.90 Å². The van der Waals surface area contributed by atoms with E-state index >= 15 is 0 Å². The van der Waals surface area contributed by atoms with Gasteiger partial charge in [0.15, 0.2) is 0 Å². The van der Waals surface area contributed by atoms with Crippen LogP contribution >= 0.6 is 0 Å². The fourth-order valence-corrected chi connectivity index (χ4v) is 4.84. The quantitative estimate of drug-likeness (QED) is 0.749. The number of methoxy groups -OCH3 is 1. The lowest BCUT2D eigenvalue weighted by atomic mass is 9.76. The molecule has 4 rings (SSSR count). The summed E-state index contributed by atoms with van der Waals surface area (Å²) >= 11 is 0. The highest BCUT2D eigenvalue weighted by atomic mass is 19.1. The van der Waals surface area contributed by atoms with Crippen molar-refractivity contribution in [3.8, 4) is 5.75 Å². The van der Waals surface area contributed by atoms with E-state index in [1.807, 2.05) is 0 Å². The molecule has 7 nitrogen and oxygen atoms in total. The Morgan fingerprint density at radius 3 is 2.63 bits per heavy atom. The molecule has 3 heterocycles. The lowest BCUT2D eigenvalue weighted by Crippen LogP contribution is -2.45. The molecule has 1 unspecified atom stereocenters. The lowest BCUT2D eigenvalue weighted by Gasteiger charge is -2.36. The molecule has 0 aromatic heterocycles. The summed E-state index contributed by atoms with van der Waals surface area (Å²) in [5.74, 6) is -0.700. The van der Waals surface area contributed by atoms with Gasteiger partial charge in [-0.3, -0.25) is 14.5 Å². The SMILES string of the molecule is COc1ccc(F)c(C(=O)N2CCC3(CC2)CC(CN2CCC(O)CC2)OC3=O)c1. The van der Waals surface area contributed by atoms with Gasteiger partial charge in [0.1, 0.15) is 17.7 Å². The highest BCUT2D eigenvalue weighted by molar-refractivity contribution is 5.95. The van der Waals surface area contributed by atoms with Crippen LogP contribution in [0.4, 0.5) is 4.39 Å². The number of carbonyl (C=O) groups is 2. The average Bonchev–Trinajstić information content (AvgIpc) is 3.04. The second kappa shape index (κ2) is 8.51. The maximum atomic E-state index is 14.2. The predicted octanol–water partition coefficient (Wildman–Crippen LogP) is 1.83. The molecular weight excluding hydrogens is 391 g/mol. The minimum absolute atomic E-state index is 0.00976. The third-order valence-electron chi connectivity index (χ3n) is 6.76. The van der Waals surface area contributed by atoms with E-state index in [0.717, 1.165) is 25.9 Å². The molecule has 1 aromatic rings. The van der Waals surface area contributed by atoms with Crippen LogP contribution in [0.1, 0.15) is 42.5 Å². The zero-order chi connectivity index (χ0) is 21.3. The molecule has 3 saturated heterocycles. The largest absolute Gasteiger partial charge is 0.497 e. The summed E-state index contributed by atoms with van der Waals surface area (Å²) in [5.41, 5.74) is -0.562. The molecule has 1 aromatic carbocycles. The van der Waals surface area contributed by atoms with Crippen LogP contribution in [0.25, 0.3) is 0 Å². The normalized spacial score (nSPS) is 24.8. The Morgan fingerprint density at radius 2 is 1.97 bits per heavy atom. The summed E-state index contributed by atoms with van der Waals surface area (Å²) in [6.07, 6.45) is 2.84. The van der Waals surface area contributed by atoms with Gasteiger partial charge in [-0.05, 0) is 43.9 Å². The van der Waals surface area contributed by atoms with E-state index in [1.165, 1.54) is 25.3 Å². The fraction of sp³-hybridized carbons (Fsp3) is 0.636. The van der Waals surface area contributed by atoms with Crippen molar-refractivity contribution in [2.75, 3.05) is 39.8 Å². The van der Waals surface area contributed by atoms with Gasteiger partial charge in [0.25, 0.3) is 5.91 Å². The standard InChI is InChI=1S/C22H29FN2O5/c1-29-16-2-3-19(23)18(12-16)20(27)25-10-6-22(7-11-25)13-17(30-21(22)28)14-24-8-4-15(26)5-9-24/h2-3,12,15,17,26H,4-11,13-14H2,1H3. The molecule has 1 atom stereocenters. The summed E-state index contributed by atoms with van der Waals surface area (Å²) in [4.78, 5) is 29.3. The number of amides is 1. The van der Waals surface area contributed by atoms with Gasteiger partial charge in [0.2, 0.25) is 0 Å². The summed E-state index contributed by atoms with van der Waals surface area (Å²) in [5, 5.41) is 9.65. The monoisotopic (exact) mass is 420 g/mol. The summed E-state index contributed by atoms with van der Waals surface area (Å²) in [6, 6.07) is 4.13. The first-order valence-electron chi connectivity index (χ1n) is 10.6. The molecule has 30 heavy (non-hydrogen) atoms. The summed E-state index contributed by atoms with van der Waals surface area (Å²) < 4.78 is 25.0. The number of halogens is 1. The van der Waals surface area contributed by atoms with Gasteiger partial charge in [-0.1, -0.05) is 0 Å². The minimum atomic E-state index is -0.576. The molecule has 1 N–H and O–H groups in total. The smallest absolute Gasteiger partial charge is 0.312 e. The van der Waals surface area contributed by atoms with Crippen molar-refractivity contribution in [3.63, 3.8) is 0 Å². The Kier molecular flexibility index (Phi) is 5.97. The number of ether oxygens (including phenoxy) is 2. The maximum absolute atomic E-state index is 14.2. The Morgan fingerprint density at radius 1 is 1.27 bits per heavy atom. The van der Waals surface area contributed by atoms with E-state index in [0.29, 0.717) is 44.6 Å². The first-order valence-corrected chi connectivity index (χ1v) is 10.6. The second-order valence-corrected chi connectivity index (χ2v) is 8.68. The number of likely N-dealkylation sites (tertiary alicyclic amines) is 2. The van der Waals surface area contributed by atoms with Crippen molar-refractivity contribution in [2.45, 2.75) is 44.3 Å². The zero-order valence-electron chi connectivity index (χ0n) is 17.3. The lowest BCUT2D eigenvalue weighted by molar-refractivity contribution is -0.151. The number of hydrogen-bond donors (Lipinski definition) is 1. The molecule has 0 bridgehead atoms. The third-order valence-corrected chi connectivity index (χ3v) is 6.76. The number of cyclic esters (lactones) is 1. The van der Waals surface area contributed by atoms with Gasteiger partial charge in [-0.25, -0.2) is 4.39 Å². The van der Waals surface area contributed by atoms with E-state index in [-0.39, 0.29) is 29.6 Å². The van der Waals surface area contributed by atoms with Gasteiger partial charge in [-0.15, -0.1) is 0 Å². The highest BCUT2D eigenvalue weighted by Gasteiger charge is 2.51. The predicted molar refractivity (Wildman–Crippen MR) is 107 cm³/mol. The Bertz CT molecular complexity index is 801. The van der Waals surface area contributed by atoms with E-state index in [9.17, 15) is 19.1 Å². The van der Waals surface area contributed by atoms with Crippen LogP contribution in [-0.2, 0) is 9.53 Å². The van der Waals surface area contributed by atoms with Crippen molar-refractivity contribution < 1.29 is 28.6 Å². The Labute approximate surface area is 175 Å². The molecule has 0 saturated carbocycles. The highest BCUT2D eigenvalue weighted by Crippen LogP contribution is 2.43. The number of hydrogen-bond acceptors (Lipinski definition) is 6. The van der Waals surface area contributed by atoms with Crippen molar-refractivity contribution >= 4 is 11.9 Å². The number of benzene rings is 1. The Hall–Kier alpha value is -2.19. The number of carbonyl (C=O) groups excluding carboxylic acids is 2. The fourth-order valence-electron chi connectivity index (χ4n) is 4.84. The zero-order valence-corrected chi connectivity index (χ0v) is 17.3. The first kappa shape index (κ1) is 21.1. The maximum Gasteiger partial charge on any atom is 0.312 e. The topological polar surface area (TPSA) is 79.3 Å². The van der Waals surface area contributed by atoms with Crippen LogP contribution in [-0.4, -0.2) is 78.8 Å². The number of aliphatic hydroxyl groups is 1. The van der Waals surface area contributed by atoms with E-state index in [2.05, 4.69) is 4.90 Å². The van der Waals surface area contributed by atoms with Gasteiger partial charge in [0.05, 0.1) is 24.2 Å². The number of piperidine rings is 2. The molecule has 3 aliphatic rings. The van der Waals surface area contributed by atoms with Gasteiger partial charge in [-0.2, -0.15) is 0 Å². The van der Waals surface area contributed by atoms with Crippen molar-refractivity contribution in [1.29, 1.82) is 0 Å². The second-order valence-electron chi connectivity index (χ2n) is 8.68. The molecule has 1 spiro atoms. The molecular formula is C22H29FN2O5. The number of esters is 1. The molecule has 164 valence electrons. The Balaban J connectivity index is 1.35. The van der Waals surface area contributed by atoms with Crippen LogP contribution in [0, 0.1) is 11.2 Å². The van der Waals surface area contributed by atoms with Crippen molar-refractivity contribution in [2.24, 2.45) is 5.41 Å². The summed E-state index contributed by atoms with van der Waals surface area (Å²) in [6.45, 7) is 3.12. The molecule has 8 heteroatoms. The molecule has 3 aliphatic heterocycles. The third kappa shape index (κ3) is 4.16. The minimum Gasteiger partial charge on any atom is -0.497 e. The molecule has 3 fully saturated rings. The van der Waals surface area contributed by atoms with Crippen LogP contribution in [0.2, 0.25) is 0 Å². The number of rotatable bonds is 4. The van der Waals surface area contributed by atoms with Crippen LogP contribution in [0.3, 0.4) is 0 Å². The van der Waals surface area contributed by atoms with Crippen molar-refractivity contribution in [1.82, 2.24) is 9.80 Å². The molecule has 0 aliphatic carbocycles. The van der Waals surface area contributed by atoms with Crippen LogP contribution < -0.4 is 4.74 Å². The van der Waals surface area contributed by atoms with E-state index < -0.39 is 11.2 Å². The van der Waals surface area contributed by atoms with Crippen molar-refractivity contribution in [3.05, 3.63) is 29.6 Å². The molecule has 1 amide bonds. The molecule has 0 radical (unpaired) electrons. The number of nitrogens with zero attached hydrogens (tertiary/aromatic N) is 2. The summed E-state index contributed by atoms with van der Waals surface area (Å²) in [7, 11) is 1.47. The number of aliphatic hydroxyl groups excluding tert-OH is 1. The van der Waals surface area contributed by atoms with Gasteiger partial charge in [0, 0.05) is 39.1 Å². The van der Waals surface area contributed by atoms with Crippen LogP contribution in [0.15, 0.2) is 18.2 Å². The van der Waals surface area contributed by atoms with Gasteiger partial charge >= 0.3 is 5.97 Å². The van der Waals surface area contributed by atoms with E-state index in [4.69, 9.17) is 9.47 Å². The first-order chi connectivity index (χ1) is 14.4. The average molecular weight is 420 g/mol.